The lowest BCUT2D eigenvalue weighted by atomic mass is 9.66. The predicted molar refractivity (Wildman–Crippen MR) is 63.9 cm³/mol. The highest BCUT2D eigenvalue weighted by Gasteiger charge is 2.34. The van der Waals surface area contributed by atoms with Crippen LogP contribution in [0.2, 0.25) is 0 Å². The zero-order valence-electron chi connectivity index (χ0n) is 10.4. The first-order valence-electron chi connectivity index (χ1n) is 6.45. The highest BCUT2D eigenvalue weighted by Crippen LogP contribution is 2.43. The Bertz CT molecular complexity index is 293. The maximum Gasteiger partial charge on any atom is 0.305 e. The Morgan fingerprint density at radius 3 is 3.00 bits per heavy atom. The summed E-state index contributed by atoms with van der Waals surface area (Å²) in [4.78, 5) is 11.4. The maximum atomic E-state index is 11.4. The van der Waals surface area contributed by atoms with Gasteiger partial charge in [-0.05, 0) is 50.4 Å². The number of fused-ring (bicyclic) bond motifs is 1. The van der Waals surface area contributed by atoms with Gasteiger partial charge in [-0.2, -0.15) is 0 Å². The van der Waals surface area contributed by atoms with Crippen LogP contribution in [0.3, 0.4) is 0 Å². The minimum absolute atomic E-state index is 0.0396. The van der Waals surface area contributed by atoms with Crippen molar-refractivity contribution in [3.8, 4) is 0 Å². The molecule has 0 aromatic heterocycles. The van der Waals surface area contributed by atoms with E-state index in [2.05, 4.69) is 13.0 Å². The molecule has 2 heteroatoms. The summed E-state index contributed by atoms with van der Waals surface area (Å²) in [5, 5.41) is 0. The third-order valence-corrected chi connectivity index (χ3v) is 4.28. The van der Waals surface area contributed by atoms with Gasteiger partial charge in [0.15, 0.2) is 0 Å². The number of methoxy groups -OCH3 is 1. The smallest absolute Gasteiger partial charge is 0.305 e. The van der Waals surface area contributed by atoms with Crippen LogP contribution in [0, 0.1) is 17.8 Å². The van der Waals surface area contributed by atoms with Gasteiger partial charge in [-0.15, -0.1) is 0 Å². The SMILES string of the molecule is COC(=O)C[C@H]1CCC[C@H]2CCC(C)=C[C@@H]21. The van der Waals surface area contributed by atoms with E-state index >= 15 is 0 Å². The van der Waals surface area contributed by atoms with Gasteiger partial charge in [0.05, 0.1) is 7.11 Å². The van der Waals surface area contributed by atoms with Gasteiger partial charge in [0, 0.05) is 6.42 Å². The van der Waals surface area contributed by atoms with E-state index in [0.717, 1.165) is 5.92 Å². The van der Waals surface area contributed by atoms with Crippen molar-refractivity contribution in [2.24, 2.45) is 17.8 Å². The molecule has 0 unspecified atom stereocenters. The Balaban J connectivity index is 2.06. The van der Waals surface area contributed by atoms with Crippen LogP contribution in [0.25, 0.3) is 0 Å². The van der Waals surface area contributed by atoms with Crippen LogP contribution in [0.5, 0.6) is 0 Å². The van der Waals surface area contributed by atoms with Crippen molar-refractivity contribution in [3.63, 3.8) is 0 Å². The molecule has 2 aliphatic rings. The van der Waals surface area contributed by atoms with Crippen molar-refractivity contribution in [2.75, 3.05) is 7.11 Å². The first-order valence-corrected chi connectivity index (χ1v) is 6.45. The molecule has 16 heavy (non-hydrogen) atoms. The standard InChI is InChI=1S/C14H22O2/c1-10-6-7-11-4-3-5-12(13(11)8-10)9-14(15)16-2/h8,11-13H,3-7,9H2,1-2H3/t11-,12+,13-/m0/s1. The molecule has 0 heterocycles. The van der Waals surface area contributed by atoms with Crippen LogP contribution in [0.1, 0.15) is 45.4 Å². The van der Waals surface area contributed by atoms with E-state index < -0.39 is 0 Å². The molecule has 1 fully saturated rings. The minimum Gasteiger partial charge on any atom is -0.469 e. The van der Waals surface area contributed by atoms with Crippen LogP contribution in [0.15, 0.2) is 11.6 Å². The third kappa shape index (κ3) is 2.47. The molecule has 2 nitrogen and oxygen atoms in total. The minimum atomic E-state index is -0.0396. The lowest BCUT2D eigenvalue weighted by Crippen LogP contribution is -2.31. The molecule has 0 aromatic carbocycles. The Hall–Kier alpha value is -0.790. The van der Waals surface area contributed by atoms with E-state index in [1.165, 1.54) is 44.8 Å². The molecule has 1 saturated carbocycles. The number of allylic oxidation sites excluding steroid dienone is 2. The normalized spacial score (nSPS) is 33.9. The zero-order valence-corrected chi connectivity index (χ0v) is 10.4. The molecular weight excluding hydrogens is 200 g/mol. The third-order valence-electron chi connectivity index (χ3n) is 4.28. The molecule has 0 aromatic rings. The molecule has 0 saturated heterocycles. The fourth-order valence-electron chi connectivity index (χ4n) is 3.38. The fraction of sp³-hybridized carbons (Fsp3) is 0.786. The van der Waals surface area contributed by atoms with Gasteiger partial charge < -0.3 is 4.74 Å². The molecule has 3 atom stereocenters. The number of rotatable bonds is 2. The van der Waals surface area contributed by atoms with Gasteiger partial charge in [0.25, 0.3) is 0 Å². The molecule has 0 N–H and O–H groups in total. The summed E-state index contributed by atoms with van der Waals surface area (Å²) in [6.07, 6.45) is 9.46. The van der Waals surface area contributed by atoms with Crippen molar-refractivity contribution < 1.29 is 9.53 Å². The molecule has 0 bridgehead atoms. The van der Waals surface area contributed by atoms with E-state index in [4.69, 9.17) is 4.74 Å². The van der Waals surface area contributed by atoms with E-state index in [0.29, 0.717) is 18.3 Å². The number of hydrogen-bond donors (Lipinski definition) is 0. The topological polar surface area (TPSA) is 26.3 Å². The van der Waals surface area contributed by atoms with E-state index in [1.807, 2.05) is 0 Å². The van der Waals surface area contributed by atoms with Crippen molar-refractivity contribution in [3.05, 3.63) is 11.6 Å². The van der Waals surface area contributed by atoms with Crippen molar-refractivity contribution >= 4 is 5.97 Å². The molecule has 0 amide bonds. The average molecular weight is 222 g/mol. The summed E-state index contributed by atoms with van der Waals surface area (Å²) in [6.45, 7) is 2.22. The first-order chi connectivity index (χ1) is 7.70. The fourth-order valence-corrected chi connectivity index (χ4v) is 3.38. The van der Waals surface area contributed by atoms with Gasteiger partial charge in [-0.1, -0.05) is 18.1 Å². The van der Waals surface area contributed by atoms with Gasteiger partial charge in [0.2, 0.25) is 0 Å². The van der Waals surface area contributed by atoms with Crippen LogP contribution < -0.4 is 0 Å². The summed E-state index contributed by atoms with van der Waals surface area (Å²) in [5.74, 6) is 1.96. The lowest BCUT2D eigenvalue weighted by molar-refractivity contribution is -0.142. The van der Waals surface area contributed by atoms with Gasteiger partial charge in [-0.25, -0.2) is 0 Å². The molecule has 0 spiro atoms. The molecule has 2 aliphatic carbocycles. The Morgan fingerprint density at radius 1 is 1.44 bits per heavy atom. The number of carbonyl (C=O) groups is 1. The second kappa shape index (κ2) is 5.03. The van der Waals surface area contributed by atoms with Crippen LogP contribution in [-0.2, 0) is 9.53 Å². The van der Waals surface area contributed by atoms with Crippen LogP contribution >= 0.6 is 0 Å². The molecule has 0 aliphatic heterocycles. The molecular formula is C14H22O2. The highest BCUT2D eigenvalue weighted by atomic mass is 16.5. The molecule has 0 radical (unpaired) electrons. The van der Waals surface area contributed by atoms with Crippen molar-refractivity contribution in [1.82, 2.24) is 0 Å². The van der Waals surface area contributed by atoms with Crippen molar-refractivity contribution in [2.45, 2.75) is 45.4 Å². The maximum absolute atomic E-state index is 11.4. The number of esters is 1. The Morgan fingerprint density at radius 2 is 2.25 bits per heavy atom. The second-order valence-corrected chi connectivity index (χ2v) is 5.36. The quantitative estimate of drug-likeness (QED) is 0.529. The average Bonchev–Trinajstić information content (AvgIpc) is 2.29. The van der Waals surface area contributed by atoms with E-state index in [9.17, 15) is 4.79 Å². The lowest BCUT2D eigenvalue weighted by Gasteiger charge is -2.39. The summed E-state index contributed by atoms with van der Waals surface area (Å²) in [7, 11) is 1.49. The number of carbonyl (C=O) groups excluding carboxylic acids is 1. The number of hydrogen-bond acceptors (Lipinski definition) is 2. The zero-order chi connectivity index (χ0) is 11.5. The summed E-state index contributed by atoms with van der Waals surface area (Å²) in [6, 6.07) is 0. The second-order valence-electron chi connectivity index (χ2n) is 5.36. The molecule has 2 rings (SSSR count). The van der Waals surface area contributed by atoms with E-state index in [1.54, 1.807) is 0 Å². The molecule has 90 valence electrons. The van der Waals surface area contributed by atoms with Crippen LogP contribution in [-0.4, -0.2) is 13.1 Å². The Kier molecular flexibility index (Phi) is 3.67. The number of ether oxygens (including phenoxy) is 1. The van der Waals surface area contributed by atoms with Gasteiger partial charge in [-0.3, -0.25) is 4.79 Å². The van der Waals surface area contributed by atoms with Crippen LogP contribution in [0.4, 0.5) is 0 Å². The van der Waals surface area contributed by atoms with Gasteiger partial charge in [0.1, 0.15) is 0 Å². The predicted octanol–water partition coefficient (Wildman–Crippen LogP) is 3.32. The largest absolute Gasteiger partial charge is 0.469 e. The summed E-state index contributed by atoms with van der Waals surface area (Å²) >= 11 is 0. The highest BCUT2D eigenvalue weighted by molar-refractivity contribution is 5.69. The van der Waals surface area contributed by atoms with Crippen molar-refractivity contribution in [1.29, 1.82) is 0 Å². The summed E-state index contributed by atoms with van der Waals surface area (Å²) in [5.41, 5.74) is 1.51. The first kappa shape index (κ1) is 11.7. The Labute approximate surface area is 98.1 Å². The monoisotopic (exact) mass is 222 g/mol. The van der Waals surface area contributed by atoms with Gasteiger partial charge >= 0.3 is 5.97 Å². The summed E-state index contributed by atoms with van der Waals surface area (Å²) < 4.78 is 4.80. The van der Waals surface area contributed by atoms with E-state index in [-0.39, 0.29) is 5.97 Å².